The van der Waals surface area contributed by atoms with Gasteiger partial charge in [0.25, 0.3) is 0 Å². The van der Waals surface area contributed by atoms with Crippen LogP contribution in [0.4, 0.5) is 8.78 Å². The van der Waals surface area contributed by atoms with Crippen molar-refractivity contribution in [1.82, 2.24) is 5.32 Å². The summed E-state index contributed by atoms with van der Waals surface area (Å²) < 4.78 is 39.6. The summed E-state index contributed by atoms with van der Waals surface area (Å²) in [6.45, 7) is -1.22. The van der Waals surface area contributed by atoms with E-state index in [0.717, 1.165) is 0 Å². The molecule has 1 heterocycles. The zero-order valence-corrected chi connectivity index (χ0v) is 11.4. The van der Waals surface area contributed by atoms with E-state index in [2.05, 4.69) is 10.1 Å². The summed E-state index contributed by atoms with van der Waals surface area (Å²) in [5.41, 5.74) is 5.88. The maximum atomic E-state index is 12.4. The van der Waals surface area contributed by atoms with Crippen LogP contribution in [0.3, 0.4) is 0 Å². The van der Waals surface area contributed by atoms with Crippen LogP contribution in [0.2, 0.25) is 0 Å². The van der Waals surface area contributed by atoms with Gasteiger partial charge in [-0.15, -0.1) is 0 Å². The number of rotatable bonds is 6. The summed E-state index contributed by atoms with van der Waals surface area (Å²) >= 11 is 0. The van der Waals surface area contributed by atoms with Gasteiger partial charge in [0.05, 0.1) is 0 Å². The minimum absolute atomic E-state index is 0.0178. The summed E-state index contributed by atoms with van der Waals surface area (Å²) in [7, 11) is 0. The molecule has 0 saturated carbocycles. The molecule has 116 valence electrons. The van der Waals surface area contributed by atoms with Crippen molar-refractivity contribution < 1.29 is 27.8 Å². The van der Waals surface area contributed by atoms with Crippen molar-refractivity contribution in [3.63, 3.8) is 0 Å². The summed E-state index contributed by atoms with van der Waals surface area (Å²) in [5.74, 6) is 0.422. The molecule has 1 atom stereocenters. The summed E-state index contributed by atoms with van der Waals surface area (Å²) in [6, 6.07) is 2.55. The smallest absolute Gasteiger partial charge is 0.387 e. The van der Waals surface area contributed by atoms with Crippen molar-refractivity contribution in [2.75, 3.05) is 6.79 Å². The van der Waals surface area contributed by atoms with E-state index < -0.39 is 6.61 Å². The van der Waals surface area contributed by atoms with E-state index in [1.807, 2.05) is 0 Å². The molecule has 0 saturated heterocycles. The Labute approximate surface area is 120 Å². The number of ether oxygens (including phenoxy) is 3. The zero-order chi connectivity index (χ0) is 15.4. The quantitative estimate of drug-likeness (QED) is 0.829. The summed E-state index contributed by atoms with van der Waals surface area (Å²) in [4.78, 5) is 11.6. The molecule has 1 aliphatic heterocycles. The van der Waals surface area contributed by atoms with Crippen molar-refractivity contribution in [2.24, 2.45) is 5.73 Å². The third-order valence-corrected chi connectivity index (χ3v) is 2.76. The molecule has 1 amide bonds. The Bertz CT molecular complexity index is 523. The van der Waals surface area contributed by atoms with Gasteiger partial charge in [-0.05, 0) is 13.0 Å². The third-order valence-electron chi connectivity index (χ3n) is 2.76. The molecule has 1 aliphatic rings. The van der Waals surface area contributed by atoms with Crippen LogP contribution in [0, 0.1) is 0 Å². The number of alkyl halides is 2. The topological polar surface area (TPSA) is 82.8 Å². The molecule has 6 nitrogen and oxygen atoms in total. The van der Waals surface area contributed by atoms with Crippen LogP contribution in [0.5, 0.6) is 17.2 Å². The van der Waals surface area contributed by atoms with Gasteiger partial charge in [-0.3, -0.25) is 4.79 Å². The number of amides is 1. The highest BCUT2D eigenvalue weighted by molar-refractivity contribution is 5.76. The molecular weight excluding hydrogens is 286 g/mol. The van der Waals surface area contributed by atoms with Gasteiger partial charge >= 0.3 is 6.61 Å². The van der Waals surface area contributed by atoms with Gasteiger partial charge in [0.1, 0.15) is 5.75 Å². The Kier molecular flexibility index (Phi) is 4.79. The molecule has 1 aromatic rings. The van der Waals surface area contributed by atoms with Gasteiger partial charge in [-0.2, -0.15) is 8.78 Å². The minimum atomic E-state index is -2.97. The van der Waals surface area contributed by atoms with Gasteiger partial charge in [-0.1, -0.05) is 0 Å². The Morgan fingerprint density at radius 3 is 2.71 bits per heavy atom. The van der Waals surface area contributed by atoms with Crippen LogP contribution in [-0.2, 0) is 11.3 Å². The lowest BCUT2D eigenvalue weighted by Gasteiger charge is -2.13. The highest BCUT2D eigenvalue weighted by Gasteiger charge is 2.20. The highest BCUT2D eigenvalue weighted by Crippen LogP contribution is 2.38. The molecule has 0 bridgehead atoms. The molecule has 8 heteroatoms. The van der Waals surface area contributed by atoms with Gasteiger partial charge in [0, 0.05) is 30.6 Å². The van der Waals surface area contributed by atoms with Crippen LogP contribution in [0.15, 0.2) is 12.1 Å². The maximum absolute atomic E-state index is 12.4. The minimum Gasteiger partial charge on any atom is -0.454 e. The molecule has 3 N–H and O–H groups in total. The number of hydrogen-bond acceptors (Lipinski definition) is 5. The number of nitrogens with two attached hydrogens (primary N) is 1. The molecule has 1 unspecified atom stereocenters. The number of benzene rings is 1. The van der Waals surface area contributed by atoms with Crippen molar-refractivity contribution >= 4 is 5.91 Å². The molecular formula is C13H16F2N2O4. The number of carbonyl (C=O) groups is 1. The first-order valence-electron chi connectivity index (χ1n) is 6.35. The molecule has 1 aromatic carbocycles. The van der Waals surface area contributed by atoms with E-state index in [1.54, 1.807) is 6.92 Å². The molecule has 0 aliphatic carbocycles. The first kappa shape index (κ1) is 15.3. The van der Waals surface area contributed by atoms with Crippen molar-refractivity contribution in [3.8, 4) is 17.2 Å². The second-order valence-electron chi connectivity index (χ2n) is 4.65. The van der Waals surface area contributed by atoms with Crippen molar-refractivity contribution in [1.29, 1.82) is 0 Å². The number of nitrogens with one attached hydrogen (secondary N) is 1. The van der Waals surface area contributed by atoms with Crippen molar-refractivity contribution in [3.05, 3.63) is 17.7 Å². The lowest BCUT2D eigenvalue weighted by molar-refractivity contribution is -0.121. The van der Waals surface area contributed by atoms with E-state index in [1.165, 1.54) is 12.1 Å². The first-order valence-corrected chi connectivity index (χ1v) is 6.35. The monoisotopic (exact) mass is 302 g/mol. The Morgan fingerprint density at radius 2 is 2.10 bits per heavy atom. The average Bonchev–Trinajstić information content (AvgIpc) is 2.81. The maximum Gasteiger partial charge on any atom is 0.387 e. The molecule has 0 fully saturated rings. The third kappa shape index (κ3) is 4.19. The van der Waals surface area contributed by atoms with Crippen LogP contribution >= 0.6 is 0 Å². The van der Waals surface area contributed by atoms with Crippen LogP contribution < -0.4 is 25.3 Å². The second-order valence-corrected chi connectivity index (χ2v) is 4.65. The Morgan fingerprint density at radius 1 is 1.43 bits per heavy atom. The fraction of sp³-hybridized carbons (Fsp3) is 0.462. The van der Waals surface area contributed by atoms with Gasteiger partial charge in [-0.25, -0.2) is 0 Å². The highest BCUT2D eigenvalue weighted by atomic mass is 19.3. The summed E-state index contributed by atoms with van der Waals surface area (Å²) in [6.07, 6.45) is 0.148. The van der Waals surface area contributed by atoms with Gasteiger partial charge in [0.2, 0.25) is 12.7 Å². The lowest BCUT2D eigenvalue weighted by Crippen LogP contribution is -2.29. The van der Waals surface area contributed by atoms with Crippen molar-refractivity contribution in [2.45, 2.75) is 32.5 Å². The average molecular weight is 302 g/mol. The van der Waals surface area contributed by atoms with E-state index in [4.69, 9.17) is 15.2 Å². The zero-order valence-electron chi connectivity index (χ0n) is 11.4. The fourth-order valence-corrected chi connectivity index (χ4v) is 1.87. The van der Waals surface area contributed by atoms with E-state index in [9.17, 15) is 13.6 Å². The normalized spacial score (nSPS) is 14.1. The summed E-state index contributed by atoms with van der Waals surface area (Å²) in [5, 5.41) is 2.59. The molecule has 21 heavy (non-hydrogen) atoms. The molecule has 2 rings (SSSR count). The molecule has 0 radical (unpaired) electrons. The van der Waals surface area contributed by atoms with E-state index in [-0.39, 0.29) is 37.5 Å². The van der Waals surface area contributed by atoms with Gasteiger partial charge in [0.15, 0.2) is 11.5 Å². The Balaban J connectivity index is 2.11. The standard InChI is InChI=1S/C13H16F2N2O4/c1-7(16)2-12(18)17-5-8-3-10-11(20-6-19-10)4-9(8)21-13(14)15/h3-4,7,13H,2,5-6,16H2,1H3,(H,17,18). The first-order chi connectivity index (χ1) is 9.95. The largest absolute Gasteiger partial charge is 0.454 e. The lowest BCUT2D eigenvalue weighted by atomic mass is 10.1. The second kappa shape index (κ2) is 6.57. The number of carbonyl (C=O) groups excluding carboxylic acids is 1. The van der Waals surface area contributed by atoms with Crippen LogP contribution in [-0.4, -0.2) is 25.4 Å². The predicted molar refractivity (Wildman–Crippen MR) is 69.3 cm³/mol. The van der Waals surface area contributed by atoms with E-state index >= 15 is 0 Å². The Hall–Kier alpha value is -2.09. The number of hydrogen-bond donors (Lipinski definition) is 2. The van der Waals surface area contributed by atoms with Gasteiger partial charge < -0.3 is 25.3 Å². The SMILES string of the molecule is CC(N)CC(=O)NCc1cc2c(cc1OC(F)F)OCO2. The van der Waals surface area contributed by atoms with Crippen LogP contribution in [0.1, 0.15) is 18.9 Å². The molecule has 0 spiro atoms. The van der Waals surface area contributed by atoms with Crippen LogP contribution in [0.25, 0.3) is 0 Å². The molecule has 0 aromatic heterocycles. The number of halogens is 2. The number of fused-ring (bicyclic) bond motifs is 1. The van der Waals surface area contributed by atoms with E-state index in [0.29, 0.717) is 17.1 Å². The predicted octanol–water partition coefficient (Wildman–Crippen LogP) is 1.37. The fourth-order valence-electron chi connectivity index (χ4n) is 1.87.